The average molecular weight is 343 g/mol. The third-order valence-corrected chi connectivity index (χ3v) is 5.38. The number of hydrogen-bond donors (Lipinski definition) is 1. The van der Waals surface area contributed by atoms with Gasteiger partial charge in [-0.1, -0.05) is 0 Å². The second-order valence-electron chi connectivity index (χ2n) is 7.22. The molecule has 1 aliphatic rings. The first-order valence-corrected chi connectivity index (χ1v) is 9.06. The predicted octanol–water partition coefficient (Wildman–Crippen LogP) is 2.85. The van der Waals surface area contributed by atoms with Gasteiger partial charge in [-0.2, -0.15) is 5.10 Å². The Hall–Kier alpha value is -2.24. The van der Waals surface area contributed by atoms with Gasteiger partial charge in [0.1, 0.15) is 0 Å². The molecule has 2 atom stereocenters. The summed E-state index contributed by atoms with van der Waals surface area (Å²) in [6.07, 6.45) is 4.93. The molecule has 1 aliphatic heterocycles. The van der Waals surface area contributed by atoms with Crippen molar-refractivity contribution in [3.05, 3.63) is 41.0 Å². The van der Waals surface area contributed by atoms with Crippen LogP contribution in [0.3, 0.4) is 0 Å². The molecular weight excluding hydrogens is 314 g/mol. The van der Waals surface area contributed by atoms with Crippen molar-refractivity contribution in [2.45, 2.75) is 52.1 Å². The third-order valence-electron chi connectivity index (χ3n) is 5.38. The second kappa shape index (κ2) is 6.94. The summed E-state index contributed by atoms with van der Waals surface area (Å²) in [5.41, 5.74) is 4.65. The summed E-state index contributed by atoms with van der Waals surface area (Å²) in [5.74, 6) is 0. The van der Waals surface area contributed by atoms with E-state index in [1.807, 2.05) is 42.9 Å². The highest BCUT2D eigenvalue weighted by atomic mass is 16.2. The summed E-state index contributed by atoms with van der Waals surface area (Å²) in [6.45, 7) is 7.00. The summed E-state index contributed by atoms with van der Waals surface area (Å²) in [7, 11) is 4.00. The van der Waals surface area contributed by atoms with Crippen LogP contribution in [-0.4, -0.2) is 37.9 Å². The lowest BCUT2D eigenvalue weighted by Crippen LogP contribution is -2.44. The quantitative estimate of drug-likeness (QED) is 0.928. The standard InChI is InChI=1S/C19H29N5O/c1-13(12-16-14(2)21-23(5)15(16)3)20-19(25)24-11-7-9-18(24)17-8-6-10-22(17)4/h6,8,10,13,18H,7,9,11-12H2,1-5H3,(H,20,25)/t13-,18+/m1/s1. The van der Waals surface area contributed by atoms with Crippen molar-refractivity contribution < 1.29 is 4.79 Å². The minimum absolute atomic E-state index is 0.0374. The number of nitrogens with zero attached hydrogens (tertiary/aromatic N) is 4. The van der Waals surface area contributed by atoms with E-state index in [9.17, 15) is 4.79 Å². The van der Waals surface area contributed by atoms with E-state index in [2.05, 4.69) is 34.9 Å². The fourth-order valence-electron chi connectivity index (χ4n) is 3.90. The first kappa shape index (κ1) is 17.6. The van der Waals surface area contributed by atoms with Gasteiger partial charge in [0, 0.05) is 44.3 Å². The Bertz CT molecular complexity index is 760. The molecule has 1 saturated heterocycles. The van der Waals surface area contributed by atoms with Gasteiger partial charge >= 0.3 is 6.03 Å². The monoisotopic (exact) mass is 343 g/mol. The van der Waals surface area contributed by atoms with Gasteiger partial charge in [-0.25, -0.2) is 4.79 Å². The molecule has 6 heteroatoms. The zero-order valence-electron chi connectivity index (χ0n) is 15.9. The molecule has 1 fully saturated rings. The molecule has 2 aromatic rings. The van der Waals surface area contributed by atoms with Gasteiger partial charge in [-0.05, 0) is 57.7 Å². The molecule has 3 heterocycles. The zero-order valence-corrected chi connectivity index (χ0v) is 15.9. The summed E-state index contributed by atoms with van der Waals surface area (Å²) in [6, 6.07) is 4.44. The Morgan fingerprint density at radius 1 is 1.40 bits per heavy atom. The maximum Gasteiger partial charge on any atom is 0.318 e. The highest BCUT2D eigenvalue weighted by Crippen LogP contribution is 2.31. The summed E-state index contributed by atoms with van der Waals surface area (Å²) in [5, 5.41) is 7.65. The molecule has 25 heavy (non-hydrogen) atoms. The molecule has 0 aromatic carbocycles. The number of rotatable bonds is 4. The Morgan fingerprint density at radius 3 is 2.76 bits per heavy atom. The maximum atomic E-state index is 12.8. The fourth-order valence-corrected chi connectivity index (χ4v) is 3.90. The van der Waals surface area contributed by atoms with Crippen LogP contribution in [0.5, 0.6) is 0 Å². The first-order valence-electron chi connectivity index (χ1n) is 9.06. The Morgan fingerprint density at radius 2 is 2.16 bits per heavy atom. The molecule has 3 rings (SSSR count). The molecule has 2 aromatic heterocycles. The normalized spacial score (nSPS) is 18.6. The molecular formula is C19H29N5O. The van der Waals surface area contributed by atoms with Crippen LogP contribution in [0.4, 0.5) is 4.79 Å². The van der Waals surface area contributed by atoms with Crippen LogP contribution in [0, 0.1) is 13.8 Å². The van der Waals surface area contributed by atoms with Crippen molar-refractivity contribution in [2.24, 2.45) is 14.1 Å². The summed E-state index contributed by atoms with van der Waals surface area (Å²) in [4.78, 5) is 14.8. The number of aryl methyl sites for hydroxylation is 3. The van der Waals surface area contributed by atoms with Crippen molar-refractivity contribution in [2.75, 3.05) is 6.54 Å². The molecule has 0 bridgehead atoms. The smallest absolute Gasteiger partial charge is 0.318 e. The van der Waals surface area contributed by atoms with Crippen LogP contribution in [0.25, 0.3) is 0 Å². The van der Waals surface area contributed by atoms with Gasteiger partial charge in [-0.3, -0.25) is 4.68 Å². The van der Waals surface area contributed by atoms with Crippen LogP contribution >= 0.6 is 0 Å². The van der Waals surface area contributed by atoms with Gasteiger partial charge in [0.05, 0.1) is 11.7 Å². The van der Waals surface area contributed by atoms with Crippen LogP contribution in [0.15, 0.2) is 18.3 Å². The molecule has 0 unspecified atom stereocenters. The zero-order chi connectivity index (χ0) is 18.1. The van der Waals surface area contributed by atoms with Crippen molar-refractivity contribution in [1.82, 2.24) is 24.6 Å². The molecule has 136 valence electrons. The average Bonchev–Trinajstić information content (AvgIpc) is 3.24. The van der Waals surface area contributed by atoms with E-state index in [1.165, 1.54) is 17.0 Å². The van der Waals surface area contributed by atoms with Crippen molar-refractivity contribution >= 4 is 6.03 Å². The lowest BCUT2D eigenvalue weighted by molar-refractivity contribution is 0.188. The van der Waals surface area contributed by atoms with Crippen molar-refractivity contribution in [1.29, 1.82) is 0 Å². The van der Waals surface area contributed by atoms with Gasteiger partial charge in [0.25, 0.3) is 0 Å². The molecule has 1 N–H and O–H groups in total. The van der Waals surface area contributed by atoms with Crippen molar-refractivity contribution in [3.63, 3.8) is 0 Å². The van der Waals surface area contributed by atoms with E-state index in [4.69, 9.17) is 0 Å². The van der Waals surface area contributed by atoms with Gasteiger partial charge in [-0.15, -0.1) is 0 Å². The van der Waals surface area contributed by atoms with Crippen molar-refractivity contribution in [3.8, 4) is 0 Å². The lowest BCUT2D eigenvalue weighted by atomic mass is 10.1. The maximum absolute atomic E-state index is 12.8. The summed E-state index contributed by atoms with van der Waals surface area (Å²) >= 11 is 0. The molecule has 0 radical (unpaired) electrons. The second-order valence-corrected chi connectivity index (χ2v) is 7.22. The number of carbonyl (C=O) groups excluding carboxylic acids is 1. The topological polar surface area (TPSA) is 55.1 Å². The number of carbonyl (C=O) groups is 1. The fraction of sp³-hybridized carbons (Fsp3) is 0.579. The number of hydrogen-bond acceptors (Lipinski definition) is 2. The number of urea groups is 1. The van der Waals surface area contributed by atoms with E-state index in [-0.39, 0.29) is 18.1 Å². The van der Waals surface area contributed by atoms with Gasteiger partial charge in [0.2, 0.25) is 0 Å². The number of amides is 2. The van der Waals surface area contributed by atoms with E-state index in [0.29, 0.717) is 0 Å². The molecule has 0 saturated carbocycles. The van der Waals surface area contributed by atoms with Gasteiger partial charge < -0.3 is 14.8 Å². The third kappa shape index (κ3) is 3.43. The molecule has 0 spiro atoms. The largest absolute Gasteiger partial charge is 0.353 e. The first-order chi connectivity index (χ1) is 11.9. The van der Waals surface area contributed by atoms with E-state index < -0.39 is 0 Å². The molecule has 6 nitrogen and oxygen atoms in total. The highest BCUT2D eigenvalue weighted by molar-refractivity contribution is 5.75. The minimum atomic E-state index is 0.0374. The Kier molecular flexibility index (Phi) is 4.88. The van der Waals surface area contributed by atoms with E-state index in [1.54, 1.807) is 0 Å². The van der Waals surface area contributed by atoms with Crippen LogP contribution in [0.2, 0.25) is 0 Å². The van der Waals surface area contributed by atoms with E-state index >= 15 is 0 Å². The predicted molar refractivity (Wildman–Crippen MR) is 98.5 cm³/mol. The SMILES string of the molecule is Cc1nn(C)c(C)c1C[C@@H](C)NC(=O)N1CCC[C@H]1c1cccn1C. The minimum Gasteiger partial charge on any atom is -0.353 e. The van der Waals surface area contributed by atoms with Crippen LogP contribution in [0.1, 0.15) is 48.5 Å². The van der Waals surface area contributed by atoms with Gasteiger partial charge in [0.15, 0.2) is 0 Å². The van der Waals surface area contributed by atoms with Crippen LogP contribution in [-0.2, 0) is 20.5 Å². The summed E-state index contributed by atoms with van der Waals surface area (Å²) < 4.78 is 4.02. The van der Waals surface area contributed by atoms with E-state index in [0.717, 1.165) is 31.5 Å². The van der Waals surface area contributed by atoms with Crippen LogP contribution < -0.4 is 5.32 Å². The number of aromatic nitrogens is 3. The number of likely N-dealkylation sites (tertiary alicyclic amines) is 1. The Balaban J connectivity index is 1.66. The lowest BCUT2D eigenvalue weighted by Gasteiger charge is -2.27. The molecule has 2 amide bonds. The molecule has 0 aliphatic carbocycles. The Labute approximate surface area is 149 Å². The number of nitrogens with one attached hydrogen (secondary N) is 1. The highest BCUT2D eigenvalue weighted by Gasteiger charge is 2.31.